The van der Waals surface area contributed by atoms with Crippen LogP contribution in [0.1, 0.15) is 18.1 Å². The Balaban J connectivity index is 1.83. The molecule has 1 aromatic carbocycles. The van der Waals surface area contributed by atoms with Gasteiger partial charge in [-0.15, -0.1) is 0 Å². The van der Waals surface area contributed by atoms with Crippen LogP contribution in [0.5, 0.6) is 5.75 Å². The summed E-state index contributed by atoms with van der Waals surface area (Å²) >= 11 is 0. The first kappa shape index (κ1) is 21.6. The molecule has 0 saturated carbocycles. The van der Waals surface area contributed by atoms with E-state index in [1.807, 2.05) is 37.0 Å². The van der Waals surface area contributed by atoms with Crippen LogP contribution in [0.3, 0.4) is 0 Å². The van der Waals surface area contributed by atoms with Gasteiger partial charge in [0.25, 0.3) is 0 Å². The van der Waals surface area contributed by atoms with Crippen molar-refractivity contribution in [2.24, 2.45) is 12.0 Å². The molecule has 28 heavy (non-hydrogen) atoms. The number of aliphatic imine (C=N–C) groups is 1. The lowest BCUT2D eigenvalue weighted by Gasteiger charge is -2.16. The third-order valence-electron chi connectivity index (χ3n) is 3.77. The van der Waals surface area contributed by atoms with Crippen LogP contribution < -0.4 is 15.4 Å². The van der Waals surface area contributed by atoms with Gasteiger partial charge in [-0.3, -0.25) is 0 Å². The van der Waals surface area contributed by atoms with E-state index in [0.29, 0.717) is 19.0 Å². The van der Waals surface area contributed by atoms with Gasteiger partial charge < -0.3 is 25.0 Å². The minimum atomic E-state index is -4.44. The number of aryl methyl sites for hydroxylation is 1. The molecule has 0 fully saturated rings. The first-order valence-electron chi connectivity index (χ1n) is 8.89. The lowest BCUT2D eigenvalue weighted by atomic mass is 10.2. The molecular formula is C19H25F3N4O2. The van der Waals surface area contributed by atoms with Crippen LogP contribution in [0, 0.1) is 0 Å². The minimum absolute atomic E-state index is 0.0542. The Hall–Kier alpha value is -2.68. The molecule has 0 spiro atoms. The second kappa shape index (κ2) is 10.0. The van der Waals surface area contributed by atoms with E-state index in [0.717, 1.165) is 17.7 Å². The van der Waals surface area contributed by atoms with Crippen LogP contribution in [-0.4, -0.2) is 41.4 Å². The van der Waals surface area contributed by atoms with Crippen molar-refractivity contribution >= 4 is 5.96 Å². The molecule has 1 atom stereocenters. The Kier molecular flexibility index (Phi) is 7.74. The summed E-state index contributed by atoms with van der Waals surface area (Å²) in [5, 5.41) is 16.1. The summed E-state index contributed by atoms with van der Waals surface area (Å²) < 4.78 is 45.3. The molecule has 154 valence electrons. The number of nitrogens with one attached hydrogen (secondary N) is 2. The number of aliphatic hydroxyl groups is 1. The second-order valence-corrected chi connectivity index (χ2v) is 6.25. The Morgan fingerprint density at radius 3 is 2.71 bits per heavy atom. The Labute approximate surface area is 162 Å². The zero-order chi connectivity index (χ0) is 20.6. The molecule has 0 aliphatic rings. The van der Waals surface area contributed by atoms with Crippen LogP contribution in [0.25, 0.3) is 0 Å². The fraction of sp³-hybridized carbons (Fsp3) is 0.421. The summed E-state index contributed by atoms with van der Waals surface area (Å²) in [7, 11) is 1.93. The maximum absolute atomic E-state index is 12.7. The first-order chi connectivity index (χ1) is 13.3. The topological polar surface area (TPSA) is 70.8 Å². The van der Waals surface area contributed by atoms with E-state index in [2.05, 4.69) is 15.6 Å². The van der Waals surface area contributed by atoms with Crippen molar-refractivity contribution in [2.75, 3.05) is 19.7 Å². The Bertz CT molecular complexity index is 775. The van der Waals surface area contributed by atoms with E-state index in [-0.39, 0.29) is 18.9 Å². The van der Waals surface area contributed by atoms with Crippen LogP contribution in [0.4, 0.5) is 13.2 Å². The van der Waals surface area contributed by atoms with Crippen molar-refractivity contribution in [1.29, 1.82) is 0 Å². The number of nitrogens with zero attached hydrogens (tertiary/aromatic N) is 2. The predicted octanol–water partition coefficient (Wildman–Crippen LogP) is 2.54. The average Bonchev–Trinajstić information content (AvgIpc) is 3.07. The van der Waals surface area contributed by atoms with Crippen LogP contribution in [0.15, 0.2) is 47.7 Å². The summed E-state index contributed by atoms with van der Waals surface area (Å²) in [5.41, 5.74) is 0.258. The van der Waals surface area contributed by atoms with Gasteiger partial charge in [0.05, 0.1) is 12.1 Å². The molecular weight excluding hydrogens is 373 g/mol. The molecule has 1 unspecified atom stereocenters. The number of hydrogen-bond donors (Lipinski definition) is 3. The maximum atomic E-state index is 12.7. The zero-order valence-electron chi connectivity index (χ0n) is 15.8. The van der Waals surface area contributed by atoms with E-state index in [1.54, 1.807) is 0 Å². The number of aromatic nitrogens is 1. The number of ether oxygens (including phenoxy) is 1. The lowest BCUT2D eigenvalue weighted by molar-refractivity contribution is -0.137. The highest BCUT2D eigenvalue weighted by Gasteiger charge is 2.30. The molecule has 1 heterocycles. The number of hydrogen-bond acceptors (Lipinski definition) is 3. The lowest BCUT2D eigenvalue weighted by Crippen LogP contribution is -2.42. The molecule has 0 saturated heterocycles. The number of alkyl halides is 3. The van der Waals surface area contributed by atoms with E-state index >= 15 is 0 Å². The molecule has 0 amide bonds. The monoisotopic (exact) mass is 398 g/mol. The quantitative estimate of drug-likeness (QED) is 0.472. The maximum Gasteiger partial charge on any atom is 0.416 e. The Morgan fingerprint density at radius 2 is 2.07 bits per heavy atom. The van der Waals surface area contributed by atoms with Crippen LogP contribution in [0.2, 0.25) is 0 Å². The second-order valence-electron chi connectivity index (χ2n) is 6.25. The largest absolute Gasteiger partial charge is 0.491 e. The van der Waals surface area contributed by atoms with E-state index in [1.165, 1.54) is 12.1 Å². The third kappa shape index (κ3) is 7.15. The fourth-order valence-electron chi connectivity index (χ4n) is 2.39. The van der Waals surface area contributed by atoms with Crippen LogP contribution in [-0.2, 0) is 19.8 Å². The number of rotatable bonds is 8. The van der Waals surface area contributed by atoms with Crippen molar-refractivity contribution < 1.29 is 23.0 Å². The summed E-state index contributed by atoms with van der Waals surface area (Å²) in [4.78, 5) is 4.43. The minimum Gasteiger partial charge on any atom is -0.491 e. The highest BCUT2D eigenvalue weighted by atomic mass is 19.4. The first-order valence-corrected chi connectivity index (χ1v) is 8.89. The van der Waals surface area contributed by atoms with E-state index < -0.39 is 17.8 Å². The highest BCUT2D eigenvalue weighted by molar-refractivity contribution is 5.79. The molecule has 3 N–H and O–H groups in total. The number of benzene rings is 1. The summed E-state index contributed by atoms with van der Waals surface area (Å²) in [6.45, 7) is 3.04. The fourth-order valence-corrected chi connectivity index (χ4v) is 2.39. The predicted molar refractivity (Wildman–Crippen MR) is 101 cm³/mol. The van der Waals surface area contributed by atoms with Crippen LogP contribution >= 0.6 is 0 Å². The van der Waals surface area contributed by atoms with Gasteiger partial charge in [0.2, 0.25) is 0 Å². The highest BCUT2D eigenvalue weighted by Crippen LogP contribution is 2.31. The van der Waals surface area contributed by atoms with Gasteiger partial charge in [-0.2, -0.15) is 13.2 Å². The number of aliphatic hydroxyl groups excluding tert-OH is 1. The molecule has 6 nitrogen and oxygen atoms in total. The van der Waals surface area contributed by atoms with Gasteiger partial charge in [0.1, 0.15) is 18.5 Å². The van der Waals surface area contributed by atoms with E-state index in [4.69, 9.17) is 4.74 Å². The van der Waals surface area contributed by atoms with Gasteiger partial charge in [0.15, 0.2) is 5.96 Å². The molecule has 2 aromatic rings. The zero-order valence-corrected chi connectivity index (χ0v) is 15.8. The van der Waals surface area contributed by atoms with Crippen molar-refractivity contribution in [2.45, 2.75) is 25.7 Å². The normalized spacial score (nSPS) is 13.3. The smallest absolute Gasteiger partial charge is 0.416 e. The summed E-state index contributed by atoms with van der Waals surface area (Å²) in [6.07, 6.45) is -1.46. The molecule has 9 heteroatoms. The standard InChI is InChI=1S/C19H25F3N4O2/c1-3-23-18(24-10-14-7-8-26(2)12-14)25-11-16(27)13-28-17-6-4-5-15(9-17)19(20,21)22/h4-9,12,16,27H,3,10-11,13H2,1-2H3,(H2,23,24,25). The van der Waals surface area contributed by atoms with Gasteiger partial charge in [-0.1, -0.05) is 6.07 Å². The SMILES string of the molecule is CCNC(=NCc1ccn(C)c1)NCC(O)COc1cccc(C(F)(F)F)c1. The number of halogens is 3. The molecule has 0 bridgehead atoms. The van der Waals surface area contributed by atoms with Crippen molar-refractivity contribution in [3.8, 4) is 5.75 Å². The van der Waals surface area contributed by atoms with Gasteiger partial charge in [-0.25, -0.2) is 4.99 Å². The van der Waals surface area contributed by atoms with Gasteiger partial charge in [-0.05, 0) is 36.8 Å². The molecule has 0 radical (unpaired) electrons. The van der Waals surface area contributed by atoms with Crippen molar-refractivity contribution in [1.82, 2.24) is 15.2 Å². The summed E-state index contributed by atoms with van der Waals surface area (Å²) in [5.74, 6) is 0.586. The van der Waals surface area contributed by atoms with Gasteiger partial charge >= 0.3 is 6.18 Å². The van der Waals surface area contributed by atoms with Gasteiger partial charge in [0, 0.05) is 32.5 Å². The molecule has 1 aromatic heterocycles. The molecule has 2 rings (SSSR count). The number of guanidine groups is 1. The molecule has 0 aliphatic heterocycles. The van der Waals surface area contributed by atoms with Crippen molar-refractivity contribution in [3.63, 3.8) is 0 Å². The molecule has 0 aliphatic carbocycles. The Morgan fingerprint density at radius 1 is 1.29 bits per heavy atom. The summed E-state index contributed by atoms with van der Waals surface area (Å²) in [6, 6.07) is 6.52. The van der Waals surface area contributed by atoms with Crippen molar-refractivity contribution in [3.05, 3.63) is 53.9 Å². The third-order valence-corrected chi connectivity index (χ3v) is 3.77. The van der Waals surface area contributed by atoms with E-state index in [9.17, 15) is 18.3 Å². The average molecular weight is 398 g/mol.